The van der Waals surface area contributed by atoms with Crippen LogP contribution >= 0.6 is 12.4 Å². The zero-order chi connectivity index (χ0) is 9.97. The molecule has 5 nitrogen and oxygen atoms in total. The van der Waals surface area contributed by atoms with Gasteiger partial charge in [0, 0.05) is 12.3 Å². The lowest BCUT2D eigenvalue weighted by Crippen LogP contribution is -1.95. The van der Waals surface area contributed by atoms with Crippen LogP contribution in [0, 0.1) is 0 Å². The Hall–Kier alpha value is -1.88. The van der Waals surface area contributed by atoms with Gasteiger partial charge in [-0.25, -0.2) is 4.79 Å². The van der Waals surface area contributed by atoms with Crippen molar-refractivity contribution in [1.82, 2.24) is 15.2 Å². The van der Waals surface area contributed by atoms with Gasteiger partial charge in [0.05, 0.1) is 5.69 Å². The number of carboxylic acids is 1. The molecule has 15 heavy (non-hydrogen) atoms. The number of nitrogens with one attached hydrogen (secondary N) is 1. The van der Waals surface area contributed by atoms with Crippen LogP contribution in [0.1, 0.15) is 10.5 Å². The van der Waals surface area contributed by atoms with Gasteiger partial charge in [0.2, 0.25) is 0 Å². The lowest BCUT2D eigenvalue weighted by atomic mass is 10.2. The third-order valence-electron chi connectivity index (χ3n) is 1.74. The van der Waals surface area contributed by atoms with Gasteiger partial charge in [0.15, 0.2) is 0 Å². The normalized spacial score (nSPS) is 9.33. The summed E-state index contributed by atoms with van der Waals surface area (Å²) in [6.07, 6.45) is 1.63. The lowest BCUT2D eigenvalue weighted by Gasteiger charge is -1.91. The van der Waals surface area contributed by atoms with Gasteiger partial charge in [0.1, 0.15) is 11.4 Å². The number of hydrogen-bond donors (Lipinski definition) is 2. The van der Waals surface area contributed by atoms with Crippen LogP contribution in [0.3, 0.4) is 0 Å². The van der Waals surface area contributed by atoms with Crippen molar-refractivity contribution in [2.24, 2.45) is 0 Å². The van der Waals surface area contributed by atoms with Gasteiger partial charge in [-0.15, -0.1) is 12.4 Å². The van der Waals surface area contributed by atoms with E-state index in [1.54, 1.807) is 18.3 Å². The van der Waals surface area contributed by atoms with E-state index in [4.69, 9.17) is 5.11 Å². The summed E-state index contributed by atoms with van der Waals surface area (Å²) in [6.45, 7) is 0. The molecule has 0 bridgehead atoms. The zero-order valence-corrected chi connectivity index (χ0v) is 8.36. The number of aromatic amines is 1. The fourth-order valence-electron chi connectivity index (χ4n) is 1.08. The standard InChI is InChI=1S/C9H7N3O2.ClH/c13-9(14)8-5-7(11-12-8)6-3-1-2-4-10-6;/h1-5H,(H,11,12)(H,13,14);1H. The minimum atomic E-state index is -1.03. The Balaban J connectivity index is 0.00000112. The van der Waals surface area contributed by atoms with E-state index in [0.29, 0.717) is 11.4 Å². The summed E-state index contributed by atoms with van der Waals surface area (Å²) in [7, 11) is 0. The van der Waals surface area contributed by atoms with E-state index in [1.165, 1.54) is 6.07 Å². The summed E-state index contributed by atoms with van der Waals surface area (Å²) in [4.78, 5) is 14.6. The fourth-order valence-corrected chi connectivity index (χ4v) is 1.08. The SMILES string of the molecule is Cl.O=C(O)c1cc(-c2ccccn2)n[nH]1. The molecule has 0 unspecified atom stereocenters. The quantitative estimate of drug-likeness (QED) is 0.814. The highest BCUT2D eigenvalue weighted by atomic mass is 35.5. The molecule has 0 aromatic carbocycles. The molecule has 0 amide bonds. The lowest BCUT2D eigenvalue weighted by molar-refractivity contribution is 0.0690. The largest absolute Gasteiger partial charge is 0.477 e. The first-order valence-corrected chi connectivity index (χ1v) is 3.97. The summed E-state index contributed by atoms with van der Waals surface area (Å²) < 4.78 is 0. The number of aromatic nitrogens is 3. The molecule has 2 aromatic rings. The van der Waals surface area contributed by atoms with Gasteiger partial charge in [-0.1, -0.05) is 6.07 Å². The molecule has 0 aliphatic heterocycles. The molecule has 2 aromatic heterocycles. The molecular formula is C9H8ClN3O2. The molecule has 2 heterocycles. The number of aromatic carboxylic acids is 1. The second kappa shape index (κ2) is 4.56. The second-order valence-electron chi connectivity index (χ2n) is 2.69. The van der Waals surface area contributed by atoms with Crippen molar-refractivity contribution >= 4 is 18.4 Å². The maximum Gasteiger partial charge on any atom is 0.353 e. The second-order valence-corrected chi connectivity index (χ2v) is 2.69. The highest BCUT2D eigenvalue weighted by Crippen LogP contribution is 2.13. The molecule has 0 atom stereocenters. The van der Waals surface area contributed by atoms with Gasteiger partial charge in [-0.2, -0.15) is 5.10 Å². The first-order chi connectivity index (χ1) is 6.77. The monoisotopic (exact) mass is 225 g/mol. The van der Waals surface area contributed by atoms with Crippen molar-refractivity contribution in [2.45, 2.75) is 0 Å². The van der Waals surface area contributed by atoms with E-state index >= 15 is 0 Å². The first-order valence-electron chi connectivity index (χ1n) is 3.97. The highest BCUT2D eigenvalue weighted by molar-refractivity contribution is 5.86. The van der Waals surface area contributed by atoms with Gasteiger partial charge < -0.3 is 5.11 Å². The van der Waals surface area contributed by atoms with Gasteiger partial charge in [-0.3, -0.25) is 10.1 Å². The van der Waals surface area contributed by atoms with Crippen molar-refractivity contribution < 1.29 is 9.90 Å². The number of carbonyl (C=O) groups is 1. The minimum absolute atomic E-state index is 0. The van der Waals surface area contributed by atoms with Crippen LogP contribution in [0.2, 0.25) is 0 Å². The molecule has 0 fully saturated rings. The maximum absolute atomic E-state index is 10.6. The van der Waals surface area contributed by atoms with Crippen molar-refractivity contribution in [3.63, 3.8) is 0 Å². The molecule has 0 aliphatic carbocycles. The van der Waals surface area contributed by atoms with E-state index in [0.717, 1.165) is 0 Å². The van der Waals surface area contributed by atoms with Crippen molar-refractivity contribution in [1.29, 1.82) is 0 Å². The zero-order valence-electron chi connectivity index (χ0n) is 7.54. The van der Waals surface area contributed by atoms with Crippen molar-refractivity contribution in [3.05, 3.63) is 36.2 Å². The Bertz CT molecular complexity index is 455. The maximum atomic E-state index is 10.6. The molecule has 0 saturated heterocycles. The van der Waals surface area contributed by atoms with Crippen molar-refractivity contribution in [2.75, 3.05) is 0 Å². The van der Waals surface area contributed by atoms with Crippen LogP contribution in [-0.4, -0.2) is 26.3 Å². The fraction of sp³-hybridized carbons (Fsp3) is 0. The van der Waals surface area contributed by atoms with Crippen LogP contribution in [0.4, 0.5) is 0 Å². The van der Waals surface area contributed by atoms with Crippen LogP contribution < -0.4 is 0 Å². The molecule has 0 aliphatic rings. The van der Waals surface area contributed by atoms with Gasteiger partial charge in [-0.05, 0) is 12.1 Å². The van der Waals surface area contributed by atoms with Crippen molar-refractivity contribution in [3.8, 4) is 11.4 Å². The van der Waals surface area contributed by atoms with E-state index in [2.05, 4.69) is 15.2 Å². The van der Waals surface area contributed by atoms with Crippen LogP contribution in [0.5, 0.6) is 0 Å². The molecule has 0 spiro atoms. The molecule has 78 valence electrons. The minimum Gasteiger partial charge on any atom is -0.477 e. The number of H-pyrrole nitrogens is 1. The molecule has 2 N–H and O–H groups in total. The predicted molar refractivity (Wildman–Crippen MR) is 56.0 cm³/mol. The van der Waals surface area contributed by atoms with Crippen LogP contribution in [-0.2, 0) is 0 Å². The Morgan fingerprint density at radius 2 is 2.13 bits per heavy atom. The Morgan fingerprint density at radius 1 is 1.33 bits per heavy atom. The molecule has 6 heteroatoms. The molecule has 2 rings (SSSR count). The predicted octanol–water partition coefficient (Wildman–Crippen LogP) is 1.59. The summed E-state index contributed by atoms with van der Waals surface area (Å²) in [6, 6.07) is 6.82. The summed E-state index contributed by atoms with van der Waals surface area (Å²) in [5.74, 6) is -1.03. The highest BCUT2D eigenvalue weighted by Gasteiger charge is 2.08. The first kappa shape index (κ1) is 11.2. The Labute approximate surface area is 91.6 Å². The van der Waals surface area contributed by atoms with Crippen LogP contribution in [0.25, 0.3) is 11.4 Å². The summed E-state index contributed by atoms with van der Waals surface area (Å²) >= 11 is 0. The number of nitrogens with zero attached hydrogens (tertiary/aromatic N) is 2. The molecular weight excluding hydrogens is 218 g/mol. The Kier molecular flexibility index (Phi) is 3.41. The number of carboxylic acid groups (broad SMARTS) is 1. The molecule has 0 radical (unpaired) electrons. The van der Waals surface area contributed by atoms with E-state index in [9.17, 15) is 4.79 Å². The smallest absolute Gasteiger partial charge is 0.353 e. The summed E-state index contributed by atoms with van der Waals surface area (Å²) in [5, 5.41) is 14.9. The van der Waals surface area contributed by atoms with E-state index in [1.807, 2.05) is 6.07 Å². The Morgan fingerprint density at radius 3 is 2.67 bits per heavy atom. The van der Waals surface area contributed by atoms with E-state index in [-0.39, 0.29) is 18.1 Å². The number of halogens is 1. The molecule has 0 saturated carbocycles. The number of hydrogen-bond acceptors (Lipinski definition) is 3. The third-order valence-corrected chi connectivity index (χ3v) is 1.74. The number of rotatable bonds is 2. The van der Waals surface area contributed by atoms with E-state index < -0.39 is 5.97 Å². The van der Waals surface area contributed by atoms with Gasteiger partial charge in [0.25, 0.3) is 0 Å². The average molecular weight is 226 g/mol. The average Bonchev–Trinajstić information content (AvgIpc) is 2.68. The van der Waals surface area contributed by atoms with Crippen LogP contribution in [0.15, 0.2) is 30.5 Å². The third kappa shape index (κ3) is 2.32. The summed E-state index contributed by atoms with van der Waals surface area (Å²) in [5.41, 5.74) is 1.24. The number of pyridine rings is 1. The topological polar surface area (TPSA) is 78.9 Å². The van der Waals surface area contributed by atoms with Gasteiger partial charge >= 0.3 is 5.97 Å².